The molecule has 0 saturated heterocycles. The third kappa shape index (κ3) is 2.63. The van der Waals surface area contributed by atoms with E-state index in [2.05, 4.69) is 0 Å². The average Bonchev–Trinajstić information content (AvgIpc) is 2.36. The molecule has 0 N–H and O–H groups in total. The lowest BCUT2D eigenvalue weighted by Gasteiger charge is -2.20. The van der Waals surface area contributed by atoms with Gasteiger partial charge in [0.05, 0.1) is 13.2 Å². The Kier molecular flexibility index (Phi) is 4.33. The summed E-state index contributed by atoms with van der Waals surface area (Å²) in [7, 11) is -0.936. The number of methoxy groups -OCH3 is 1. The molecule has 1 aromatic rings. The topological polar surface area (TPSA) is 70.4 Å². The smallest absolute Gasteiger partial charge is 0.247 e. The number of hydrogen-bond donors (Lipinski definition) is 0. The molecule has 0 aromatic heterocycles. The summed E-state index contributed by atoms with van der Waals surface area (Å²) in [4.78, 5) is 0.0783. The van der Waals surface area contributed by atoms with Gasteiger partial charge >= 0.3 is 0 Å². The zero-order valence-corrected chi connectivity index (χ0v) is 11.7. The summed E-state index contributed by atoms with van der Waals surface area (Å²) in [6.07, 6.45) is 0. The molecule has 0 amide bonds. The van der Waals surface area contributed by atoms with Crippen LogP contribution in [0.4, 0.5) is 0 Å². The van der Waals surface area contributed by atoms with Gasteiger partial charge in [-0.2, -0.15) is 9.57 Å². The number of hydrogen-bond acceptors (Lipinski definition) is 4. The van der Waals surface area contributed by atoms with Crippen LogP contribution < -0.4 is 4.74 Å². The summed E-state index contributed by atoms with van der Waals surface area (Å²) in [5.41, 5.74) is 0.812. The van der Waals surface area contributed by atoms with E-state index in [9.17, 15) is 8.42 Å². The molecule has 0 heterocycles. The number of sulfonamides is 1. The average molecular weight is 268 g/mol. The molecule has 0 fully saturated rings. The van der Waals surface area contributed by atoms with Gasteiger partial charge in [0.15, 0.2) is 0 Å². The largest absolute Gasteiger partial charge is 0.495 e. The van der Waals surface area contributed by atoms with Gasteiger partial charge in [0.1, 0.15) is 16.7 Å². The highest BCUT2D eigenvalue weighted by molar-refractivity contribution is 7.89. The molecule has 0 aliphatic heterocycles. The van der Waals surface area contributed by atoms with Crippen LogP contribution in [0, 0.1) is 18.3 Å². The second-order valence-electron chi connectivity index (χ2n) is 3.98. The maximum absolute atomic E-state index is 12.4. The zero-order chi connectivity index (χ0) is 13.9. The molecule has 1 unspecified atom stereocenters. The lowest BCUT2D eigenvalue weighted by molar-refractivity contribution is 0.395. The van der Waals surface area contributed by atoms with Crippen molar-refractivity contribution in [1.82, 2.24) is 4.31 Å². The van der Waals surface area contributed by atoms with E-state index in [1.807, 2.05) is 6.07 Å². The van der Waals surface area contributed by atoms with Crippen LogP contribution in [0.25, 0.3) is 0 Å². The van der Waals surface area contributed by atoms with Gasteiger partial charge in [-0.05, 0) is 31.5 Å². The number of ether oxygens (including phenoxy) is 1. The van der Waals surface area contributed by atoms with Crippen molar-refractivity contribution in [3.05, 3.63) is 23.8 Å². The van der Waals surface area contributed by atoms with Crippen LogP contribution in [0.15, 0.2) is 23.1 Å². The Morgan fingerprint density at radius 3 is 2.56 bits per heavy atom. The van der Waals surface area contributed by atoms with E-state index >= 15 is 0 Å². The van der Waals surface area contributed by atoms with Crippen molar-refractivity contribution in [2.45, 2.75) is 24.8 Å². The monoisotopic (exact) mass is 268 g/mol. The summed E-state index contributed by atoms with van der Waals surface area (Å²) >= 11 is 0. The number of rotatable bonds is 4. The Morgan fingerprint density at radius 1 is 1.44 bits per heavy atom. The number of benzene rings is 1. The molecular weight excluding hydrogens is 252 g/mol. The maximum atomic E-state index is 12.4. The van der Waals surface area contributed by atoms with E-state index in [1.54, 1.807) is 19.1 Å². The highest BCUT2D eigenvalue weighted by Crippen LogP contribution is 2.27. The molecule has 0 bridgehead atoms. The summed E-state index contributed by atoms with van der Waals surface area (Å²) in [5.74, 6) is 0.276. The molecule has 0 aliphatic rings. The van der Waals surface area contributed by atoms with Crippen LogP contribution in [-0.2, 0) is 10.0 Å². The lowest BCUT2D eigenvalue weighted by Crippen LogP contribution is -2.34. The van der Waals surface area contributed by atoms with Gasteiger partial charge in [0.25, 0.3) is 0 Å². The first kappa shape index (κ1) is 14.5. The van der Waals surface area contributed by atoms with Crippen LogP contribution in [0.1, 0.15) is 12.5 Å². The predicted molar refractivity (Wildman–Crippen MR) is 67.8 cm³/mol. The first-order valence-corrected chi connectivity index (χ1v) is 6.81. The van der Waals surface area contributed by atoms with E-state index in [-0.39, 0.29) is 10.6 Å². The second kappa shape index (κ2) is 5.38. The molecule has 0 spiro atoms. The van der Waals surface area contributed by atoms with E-state index in [1.165, 1.54) is 27.1 Å². The Balaban J connectivity index is 3.37. The van der Waals surface area contributed by atoms with Crippen molar-refractivity contribution in [3.63, 3.8) is 0 Å². The third-order valence-corrected chi connectivity index (χ3v) is 4.66. The number of aryl methyl sites for hydroxylation is 1. The Labute approximate surface area is 108 Å². The molecule has 5 nitrogen and oxygen atoms in total. The molecule has 1 rings (SSSR count). The molecule has 1 atom stereocenters. The van der Waals surface area contributed by atoms with Gasteiger partial charge in [0, 0.05) is 7.05 Å². The summed E-state index contributed by atoms with van der Waals surface area (Å²) < 4.78 is 30.8. The highest BCUT2D eigenvalue weighted by atomic mass is 32.2. The van der Waals surface area contributed by atoms with Crippen LogP contribution in [-0.4, -0.2) is 32.9 Å². The Bertz CT molecular complexity index is 575. The SMILES string of the molecule is COc1ccc(C)cc1S(=O)(=O)N(C)C(C)C#N. The van der Waals surface area contributed by atoms with Crippen LogP contribution >= 0.6 is 0 Å². The minimum Gasteiger partial charge on any atom is -0.495 e. The highest BCUT2D eigenvalue weighted by Gasteiger charge is 2.28. The quantitative estimate of drug-likeness (QED) is 0.830. The van der Waals surface area contributed by atoms with Crippen molar-refractivity contribution in [3.8, 4) is 11.8 Å². The van der Waals surface area contributed by atoms with Crippen molar-refractivity contribution in [2.75, 3.05) is 14.2 Å². The van der Waals surface area contributed by atoms with Crippen LogP contribution in [0.2, 0.25) is 0 Å². The summed E-state index contributed by atoms with van der Waals surface area (Å²) in [6, 6.07) is 6.07. The Hall–Kier alpha value is -1.58. The molecule has 0 radical (unpaired) electrons. The van der Waals surface area contributed by atoms with Gasteiger partial charge in [-0.1, -0.05) is 6.07 Å². The fourth-order valence-corrected chi connectivity index (χ4v) is 2.94. The second-order valence-corrected chi connectivity index (χ2v) is 5.95. The first-order valence-electron chi connectivity index (χ1n) is 5.37. The van der Waals surface area contributed by atoms with Crippen LogP contribution in [0.5, 0.6) is 5.75 Å². The van der Waals surface area contributed by atoms with Crippen molar-refractivity contribution in [1.29, 1.82) is 5.26 Å². The number of nitriles is 1. The molecule has 6 heteroatoms. The molecular formula is C12H16N2O3S. The van der Waals surface area contributed by atoms with E-state index in [0.29, 0.717) is 0 Å². The fraction of sp³-hybridized carbons (Fsp3) is 0.417. The Morgan fingerprint density at radius 2 is 2.06 bits per heavy atom. The van der Waals surface area contributed by atoms with Gasteiger partial charge in [-0.15, -0.1) is 0 Å². The molecule has 0 aliphatic carbocycles. The van der Waals surface area contributed by atoms with Gasteiger partial charge < -0.3 is 4.74 Å². The maximum Gasteiger partial charge on any atom is 0.247 e. The van der Waals surface area contributed by atoms with E-state index in [4.69, 9.17) is 10.00 Å². The summed E-state index contributed by atoms with van der Waals surface area (Å²) in [5, 5.41) is 8.81. The minimum atomic E-state index is -3.73. The van der Waals surface area contributed by atoms with E-state index in [0.717, 1.165) is 9.87 Å². The van der Waals surface area contributed by atoms with Gasteiger partial charge in [0.2, 0.25) is 10.0 Å². The molecule has 0 saturated carbocycles. The molecule has 98 valence electrons. The van der Waals surface area contributed by atoms with E-state index < -0.39 is 16.1 Å². The standard InChI is InChI=1S/C12H16N2O3S/c1-9-5-6-11(17-4)12(7-9)18(15,16)14(3)10(2)8-13/h5-7,10H,1-4H3. The van der Waals surface area contributed by atoms with Crippen LogP contribution in [0.3, 0.4) is 0 Å². The van der Waals surface area contributed by atoms with Gasteiger partial charge in [-0.25, -0.2) is 8.42 Å². The lowest BCUT2D eigenvalue weighted by atomic mass is 10.2. The van der Waals surface area contributed by atoms with Crippen molar-refractivity contribution < 1.29 is 13.2 Å². The normalized spacial score (nSPS) is 13.1. The molecule has 1 aromatic carbocycles. The molecule has 18 heavy (non-hydrogen) atoms. The van der Waals surface area contributed by atoms with Crippen molar-refractivity contribution in [2.24, 2.45) is 0 Å². The van der Waals surface area contributed by atoms with Crippen molar-refractivity contribution >= 4 is 10.0 Å². The predicted octanol–water partition coefficient (Wildman–Crippen LogP) is 1.54. The first-order chi connectivity index (χ1) is 8.34. The minimum absolute atomic E-state index is 0.0783. The summed E-state index contributed by atoms with van der Waals surface area (Å²) in [6.45, 7) is 3.33. The zero-order valence-electron chi connectivity index (χ0n) is 10.8. The fourth-order valence-electron chi connectivity index (χ4n) is 1.43. The number of nitrogens with zero attached hydrogens (tertiary/aromatic N) is 2. The van der Waals surface area contributed by atoms with Gasteiger partial charge in [-0.3, -0.25) is 0 Å². The third-order valence-electron chi connectivity index (χ3n) is 2.71.